The van der Waals surface area contributed by atoms with Crippen molar-refractivity contribution >= 4 is 23.7 Å². The summed E-state index contributed by atoms with van der Waals surface area (Å²) in [4.78, 5) is 29.3. The molecule has 0 amide bonds. The first-order chi connectivity index (χ1) is 13.6. The fraction of sp³-hybridized carbons (Fsp3) is 0.0952. The summed E-state index contributed by atoms with van der Waals surface area (Å²) in [7, 11) is 2.72. The zero-order valence-electron chi connectivity index (χ0n) is 15.2. The third kappa shape index (κ3) is 4.69. The number of nitrogens with zero attached hydrogens (tertiary/aromatic N) is 1. The molecule has 0 N–H and O–H groups in total. The Labute approximate surface area is 166 Å². The minimum atomic E-state index is -0.529. The zero-order valence-corrected chi connectivity index (χ0v) is 16.1. The molecule has 28 heavy (non-hydrogen) atoms. The van der Waals surface area contributed by atoms with Gasteiger partial charge in [-0.25, -0.2) is 14.6 Å². The van der Waals surface area contributed by atoms with Crippen molar-refractivity contribution in [2.75, 3.05) is 14.2 Å². The summed E-state index contributed by atoms with van der Waals surface area (Å²) in [5.74, 6) is -0.554. The second kappa shape index (κ2) is 9.05. The van der Waals surface area contributed by atoms with Crippen molar-refractivity contribution < 1.29 is 23.8 Å². The Kier molecular flexibility index (Phi) is 6.29. The predicted molar refractivity (Wildman–Crippen MR) is 104 cm³/mol. The Morgan fingerprint density at radius 2 is 1.61 bits per heavy atom. The molecule has 3 aromatic rings. The van der Waals surface area contributed by atoms with E-state index in [1.165, 1.54) is 44.2 Å². The Balaban J connectivity index is 1.71. The van der Waals surface area contributed by atoms with Crippen LogP contribution in [0.3, 0.4) is 0 Å². The van der Waals surface area contributed by atoms with Crippen LogP contribution in [0.1, 0.15) is 20.7 Å². The van der Waals surface area contributed by atoms with Gasteiger partial charge < -0.3 is 14.2 Å². The number of rotatable bonds is 6. The molecule has 6 nitrogen and oxygen atoms in total. The van der Waals surface area contributed by atoms with E-state index in [4.69, 9.17) is 9.47 Å². The molecule has 0 saturated heterocycles. The molecule has 142 valence electrons. The Morgan fingerprint density at radius 3 is 2.25 bits per heavy atom. The molecule has 0 aliphatic heterocycles. The van der Waals surface area contributed by atoms with Gasteiger partial charge in [-0.3, -0.25) is 0 Å². The molecule has 1 heterocycles. The SMILES string of the molecule is COC(=O)c1ccc(OC(=O)c2ccc(Sc3ccccn3)cc2)c(OC)c1. The van der Waals surface area contributed by atoms with Crippen LogP contribution in [0, 0.1) is 0 Å². The van der Waals surface area contributed by atoms with Crippen LogP contribution >= 0.6 is 11.8 Å². The molecule has 3 rings (SSSR count). The van der Waals surface area contributed by atoms with Gasteiger partial charge in [-0.1, -0.05) is 17.8 Å². The first kappa shape index (κ1) is 19.4. The van der Waals surface area contributed by atoms with E-state index in [2.05, 4.69) is 9.72 Å². The maximum atomic E-state index is 12.4. The topological polar surface area (TPSA) is 74.7 Å². The summed E-state index contributed by atoms with van der Waals surface area (Å²) in [6.45, 7) is 0. The standard InChI is InChI=1S/C21H17NO5S/c1-25-18-13-15(20(23)26-2)8-11-17(18)27-21(24)14-6-9-16(10-7-14)28-19-5-3-4-12-22-19/h3-13H,1-2H3. The second-order valence-electron chi connectivity index (χ2n) is 5.54. The van der Waals surface area contributed by atoms with E-state index in [0.29, 0.717) is 11.1 Å². The number of ether oxygens (including phenoxy) is 3. The average molecular weight is 395 g/mol. The summed E-state index contributed by atoms with van der Waals surface area (Å²) < 4.78 is 15.3. The highest BCUT2D eigenvalue weighted by molar-refractivity contribution is 7.99. The fourth-order valence-corrected chi connectivity index (χ4v) is 3.12. The van der Waals surface area contributed by atoms with Crippen molar-refractivity contribution in [2.24, 2.45) is 0 Å². The summed E-state index contributed by atoms with van der Waals surface area (Å²) in [5.41, 5.74) is 0.694. The van der Waals surface area contributed by atoms with Crippen LogP contribution in [0.5, 0.6) is 11.5 Å². The van der Waals surface area contributed by atoms with Crippen LogP contribution in [0.15, 0.2) is 76.8 Å². The van der Waals surface area contributed by atoms with Crippen LogP contribution in [-0.4, -0.2) is 31.1 Å². The third-order valence-electron chi connectivity index (χ3n) is 3.74. The van der Waals surface area contributed by atoms with Crippen molar-refractivity contribution in [3.05, 3.63) is 78.0 Å². The summed E-state index contributed by atoms with van der Waals surface area (Å²) >= 11 is 1.50. The highest BCUT2D eigenvalue weighted by Gasteiger charge is 2.15. The normalized spacial score (nSPS) is 10.2. The number of hydrogen-bond acceptors (Lipinski definition) is 7. The van der Waals surface area contributed by atoms with E-state index in [0.717, 1.165) is 9.92 Å². The van der Waals surface area contributed by atoms with Crippen LogP contribution in [0.25, 0.3) is 0 Å². The number of methoxy groups -OCH3 is 2. The number of benzene rings is 2. The summed E-state index contributed by atoms with van der Waals surface area (Å²) in [5, 5.41) is 0.869. The number of carbonyl (C=O) groups is 2. The lowest BCUT2D eigenvalue weighted by atomic mass is 10.2. The van der Waals surface area contributed by atoms with E-state index in [-0.39, 0.29) is 11.5 Å². The number of esters is 2. The first-order valence-corrected chi connectivity index (χ1v) is 9.10. The molecular weight excluding hydrogens is 378 g/mol. The van der Waals surface area contributed by atoms with Crippen molar-refractivity contribution in [3.8, 4) is 11.5 Å². The number of pyridine rings is 1. The lowest BCUT2D eigenvalue weighted by Gasteiger charge is -2.10. The van der Waals surface area contributed by atoms with E-state index in [1.54, 1.807) is 18.3 Å². The van der Waals surface area contributed by atoms with Gasteiger partial charge in [0.1, 0.15) is 5.03 Å². The maximum absolute atomic E-state index is 12.4. The molecule has 0 spiro atoms. The highest BCUT2D eigenvalue weighted by Crippen LogP contribution is 2.30. The van der Waals surface area contributed by atoms with E-state index < -0.39 is 11.9 Å². The molecule has 0 fully saturated rings. The van der Waals surface area contributed by atoms with Gasteiger partial charge in [0.25, 0.3) is 0 Å². The molecule has 0 atom stereocenters. The largest absolute Gasteiger partial charge is 0.493 e. The lowest BCUT2D eigenvalue weighted by Crippen LogP contribution is -2.10. The molecule has 0 aliphatic carbocycles. The molecular formula is C21H17NO5S. The molecule has 7 heteroatoms. The minimum Gasteiger partial charge on any atom is -0.493 e. The Morgan fingerprint density at radius 1 is 0.857 bits per heavy atom. The van der Waals surface area contributed by atoms with E-state index >= 15 is 0 Å². The summed E-state index contributed by atoms with van der Waals surface area (Å²) in [6, 6.07) is 17.2. The van der Waals surface area contributed by atoms with Gasteiger partial charge in [-0.15, -0.1) is 0 Å². The van der Waals surface area contributed by atoms with Gasteiger partial charge in [0.2, 0.25) is 0 Å². The number of hydrogen-bond donors (Lipinski definition) is 0. The molecule has 0 saturated carbocycles. The van der Waals surface area contributed by atoms with Crippen molar-refractivity contribution in [2.45, 2.75) is 9.92 Å². The van der Waals surface area contributed by atoms with Crippen LogP contribution in [0.4, 0.5) is 0 Å². The van der Waals surface area contributed by atoms with E-state index in [9.17, 15) is 9.59 Å². The van der Waals surface area contributed by atoms with Gasteiger partial charge >= 0.3 is 11.9 Å². The van der Waals surface area contributed by atoms with Crippen LogP contribution < -0.4 is 9.47 Å². The van der Waals surface area contributed by atoms with Gasteiger partial charge in [-0.05, 0) is 54.6 Å². The van der Waals surface area contributed by atoms with Crippen molar-refractivity contribution in [1.29, 1.82) is 0 Å². The molecule has 0 bridgehead atoms. The first-order valence-electron chi connectivity index (χ1n) is 8.28. The van der Waals surface area contributed by atoms with E-state index in [1.807, 2.05) is 30.3 Å². The van der Waals surface area contributed by atoms with Crippen molar-refractivity contribution in [1.82, 2.24) is 4.98 Å². The minimum absolute atomic E-state index is 0.215. The quantitative estimate of drug-likeness (QED) is 0.456. The van der Waals surface area contributed by atoms with Crippen molar-refractivity contribution in [3.63, 3.8) is 0 Å². The molecule has 0 aliphatic rings. The zero-order chi connectivity index (χ0) is 19.9. The second-order valence-corrected chi connectivity index (χ2v) is 6.63. The third-order valence-corrected chi connectivity index (χ3v) is 4.70. The van der Waals surface area contributed by atoms with Gasteiger partial charge in [0, 0.05) is 11.1 Å². The fourth-order valence-electron chi connectivity index (χ4n) is 2.34. The van der Waals surface area contributed by atoms with Gasteiger partial charge in [0.15, 0.2) is 11.5 Å². The average Bonchev–Trinajstić information content (AvgIpc) is 2.74. The monoisotopic (exact) mass is 395 g/mol. The number of aromatic nitrogens is 1. The molecule has 0 radical (unpaired) electrons. The maximum Gasteiger partial charge on any atom is 0.343 e. The smallest absolute Gasteiger partial charge is 0.343 e. The molecule has 0 unspecified atom stereocenters. The molecule has 1 aromatic heterocycles. The van der Waals surface area contributed by atoms with Crippen LogP contribution in [-0.2, 0) is 4.74 Å². The van der Waals surface area contributed by atoms with Gasteiger partial charge in [0.05, 0.1) is 25.3 Å². The van der Waals surface area contributed by atoms with Crippen LogP contribution in [0.2, 0.25) is 0 Å². The predicted octanol–water partition coefficient (Wildman–Crippen LogP) is 4.25. The highest BCUT2D eigenvalue weighted by atomic mass is 32.2. The lowest BCUT2D eigenvalue weighted by molar-refractivity contribution is 0.0600. The number of carbonyl (C=O) groups excluding carboxylic acids is 2. The summed E-state index contributed by atoms with van der Waals surface area (Å²) in [6.07, 6.45) is 1.73. The Bertz CT molecular complexity index is 974. The molecule has 2 aromatic carbocycles. The Hall–Kier alpha value is -3.32. The van der Waals surface area contributed by atoms with Gasteiger partial charge in [-0.2, -0.15) is 0 Å².